The third-order valence-corrected chi connectivity index (χ3v) is 6.23. The molecule has 1 aliphatic carbocycles. The quantitative estimate of drug-likeness (QED) is 0.410. The lowest BCUT2D eigenvalue weighted by Gasteiger charge is -2.45. The van der Waals surface area contributed by atoms with E-state index in [1.165, 1.54) is 6.07 Å². The van der Waals surface area contributed by atoms with Crippen LogP contribution in [0.5, 0.6) is 0 Å². The number of nitro benzene ring substituents is 1. The zero-order chi connectivity index (χ0) is 23.2. The molecule has 1 spiro atoms. The van der Waals surface area contributed by atoms with E-state index < -0.39 is 10.6 Å². The Morgan fingerprint density at radius 1 is 1.06 bits per heavy atom. The number of anilines is 1. The lowest BCUT2D eigenvalue weighted by atomic mass is 9.87. The minimum absolute atomic E-state index is 0.0767. The van der Waals surface area contributed by atoms with Crippen LogP contribution < -0.4 is 21.9 Å². The number of rotatable bonds is 3. The molecular formula is C22H22N8O3. The van der Waals surface area contributed by atoms with Crippen LogP contribution >= 0.6 is 0 Å². The number of aliphatic imine (C=N–C) groups is 2. The van der Waals surface area contributed by atoms with Gasteiger partial charge in [-0.05, 0) is 37.8 Å². The van der Waals surface area contributed by atoms with Crippen LogP contribution in [0.1, 0.15) is 32.1 Å². The molecule has 0 unspecified atom stereocenters. The van der Waals surface area contributed by atoms with Crippen LogP contribution in [0.3, 0.4) is 0 Å². The Hall–Kier alpha value is -4.28. The number of fused-ring (bicyclic) bond motifs is 1. The fourth-order valence-electron chi connectivity index (χ4n) is 4.81. The summed E-state index contributed by atoms with van der Waals surface area (Å²) in [7, 11) is 0. The van der Waals surface area contributed by atoms with E-state index in [-0.39, 0.29) is 28.9 Å². The lowest BCUT2D eigenvalue weighted by Crippen LogP contribution is -2.58. The van der Waals surface area contributed by atoms with Gasteiger partial charge >= 0.3 is 0 Å². The first-order valence-corrected chi connectivity index (χ1v) is 10.7. The Morgan fingerprint density at radius 2 is 1.79 bits per heavy atom. The summed E-state index contributed by atoms with van der Waals surface area (Å²) in [5.41, 5.74) is 12.1. The number of nitrogens with two attached hydrogens (primary N) is 2. The second-order valence-corrected chi connectivity index (χ2v) is 8.23. The SMILES string of the molecule is NC1=NC2(CCCCC2)N(c2ccc(-c3n[nH]c(=O)c4ccccc34)cc2[N+](=O)[O-])C(N)=N1. The Morgan fingerprint density at radius 3 is 2.52 bits per heavy atom. The Balaban J connectivity index is 1.68. The molecule has 0 atom stereocenters. The molecule has 0 saturated heterocycles. The van der Waals surface area contributed by atoms with Gasteiger partial charge in [-0.25, -0.2) is 10.1 Å². The summed E-state index contributed by atoms with van der Waals surface area (Å²) in [6, 6.07) is 11.8. The third-order valence-electron chi connectivity index (χ3n) is 6.23. The monoisotopic (exact) mass is 446 g/mol. The van der Waals surface area contributed by atoms with E-state index in [9.17, 15) is 14.9 Å². The summed E-state index contributed by atoms with van der Waals surface area (Å²) < 4.78 is 0. The minimum Gasteiger partial charge on any atom is -0.369 e. The van der Waals surface area contributed by atoms with Gasteiger partial charge in [0.1, 0.15) is 11.4 Å². The van der Waals surface area contributed by atoms with Gasteiger partial charge in [-0.2, -0.15) is 10.1 Å². The van der Waals surface area contributed by atoms with Crippen molar-refractivity contribution in [1.29, 1.82) is 0 Å². The van der Waals surface area contributed by atoms with Gasteiger partial charge in [0, 0.05) is 17.0 Å². The van der Waals surface area contributed by atoms with Crippen molar-refractivity contribution in [2.45, 2.75) is 37.8 Å². The summed E-state index contributed by atoms with van der Waals surface area (Å²) in [5.74, 6) is 0.154. The smallest absolute Gasteiger partial charge is 0.293 e. The maximum atomic E-state index is 12.2. The van der Waals surface area contributed by atoms with Gasteiger partial charge in [0.15, 0.2) is 0 Å². The Labute approximate surface area is 188 Å². The van der Waals surface area contributed by atoms with E-state index in [0.717, 1.165) is 19.3 Å². The van der Waals surface area contributed by atoms with Gasteiger partial charge in [0.25, 0.3) is 11.2 Å². The fraction of sp³-hybridized carbons (Fsp3) is 0.273. The maximum Gasteiger partial charge on any atom is 0.293 e. The van der Waals surface area contributed by atoms with Gasteiger partial charge in [0.05, 0.1) is 16.0 Å². The molecule has 1 aromatic heterocycles. The van der Waals surface area contributed by atoms with Crippen molar-refractivity contribution in [3.05, 3.63) is 62.9 Å². The van der Waals surface area contributed by atoms with Crippen molar-refractivity contribution in [2.24, 2.45) is 21.5 Å². The summed E-state index contributed by atoms with van der Waals surface area (Å²) in [4.78, 5) is 34.2. The van der Waals surface area contributed by atoms with Crippen molar-refractivity contribution < 1.29 is 4.92 Å². The van der Waals surface area contributed by atoms with Crippen molar-refractivity contribution in [1.82, 2.24) is 10.2 Å². The highest BCUT2D eigenvalue weighted by Crippen LogP contribution is 2.43. The van der Waals surface area contributed by atoms with Crippen LogP contribution in [0, 0.1) is 10.1 Å². The fourth-order valence-corrected chi connectivity index (χ4v) is 4.81. The van der Waals surface area contributed by atoms with E-state index in [0.29, 0.717) is 34.9 Å². The van der Waals surface area contributed by atoms with Crippen molar-refractivity contribution in [3.8, 4) is 11.3 Å². The molecule has 33 heavy (non-hydrogen) atoms. The van der Waals surface area contributed by atoms with Crippen LogP contribution in [0.25, 0.3) is 22.0 Å². The molecular weight excluding hydrogens is 424 g/mol. The van der Waals surface area contributed by atoms with Gasteiger partial charge in [-0.1, -0.05) is 30.7 Å². The number of aromatic nitrogens is 2. The number of H-pyrrole nitrogens is 1. The van der Waals surface area contributed by atoms with Crippen LogP contribution in [0.15, 0.2) is 57.2 Å². The molecule has 1 fully saturated rings. The van der Waals surface area contributed by atoms with Gasteiger partial charge < -0.3 is 11.5 Å². The highest BCUT2D eigenvalue weighted by Gasteiger charge is 2.44. The average Bonchev–Trinajstić information content (AvgIpc) is 2.80. The summed E-state index contributed by atoms with van der Waals surface area (Å²) in [5, 5.41) is 19.9. The van der Waals surface area contributed by atoms with E-state index >= 15 is 0 Å². The van der Waals surface area contributed by atoms with Crippen molar-refractivity contribution in [3.63, 3.8) is 0 Å². The van der Waals surface area contributed by atoms with Gasteiger partial charge in [0.2, 0.25) is 11.9 Å². The summed E-state index contributed by atoms with van der Waals surface area (Å²) in [6.45, 7) is 0. The molecule has 1 aliphatic heterocycles. The van der Waals surface area contributed by atoms with E-state index in [1.54, 1.807) is 41.3 Å². The van der Waals surface area contributed by atoms with Crippen LogP contribution in [-0.2, 0) is 0 Å². The van der Waals surface area contributed by atoms with Crippen LogP contribution in [-0.4, -0.2) is 32.7 Å². The van der Waals surface area contributed by atoms with Crippen LogP contribution in [0.4, 0.5) is 11.4 Å². The number of hydrogen-bond donors (Lipinski definition) is 3. The molecule has 168 valence electrons. The molecule has 2 aliphatic rings. The molecule has 3 aromatic rings. The number of nitro groups is 1. The second-order valence-electron chi connectivity index (χ2n) is 8.23. The van der Waals surface area contributed by atoms with Gasteiger partial charge in [-0.15, -0.1) is 0 Å². The zero-order valence-electron chi connectivity index (χ0n) is 17.7. The molecule has 0 amide bonds. The predicted octanol–water partition coefficient (Wildman–Crippen LogP) is 2.61. The predicted molar refractivity (Wildman–Crippen MR) is 126 cm³/mol. The lowest BCUT2D eigenvalue weighted by molar-refractivity contribution is -0.384. The van der Waals surface area contributed by atoms with Crippen molar-refractivity contribution >= 4 is 34.1 Å². The first-order valence-electron chi connectivity index (χ1n) is 10.7. The normalized spacial score (nSPS) is 17.6. The number of aromatic amines is 1. The molecule has 11 nitrogen and oxygen atoms in total. The largest absolute Gasteiger partial charge is 0.369 e. The number of nitrogens with zero attached hydrogens (tertiary/aromatic N) is 5. The summed E-state index contributed by atoms with van der Waals surface area (Å²) in [6.07, 6.45) is 4.18. The highest BCUT2D eigenvalue weighted by atomic mass is 16.6. The van der Waals surface area contributed by atoms with E-state index in [4.69, 9.17) is 11.5 Å². The standard InChI is InChI=1S/C22H22N8O3/c23-20-25-21(24)29(22(26-20)10-4-1-5-11-22)16-9-8-13(12-17(16)30(32)33)18-14-6-2-3-7-15(14)19(31)28-27-18/h2-3,6-9,12H,1,4-5,10-11H2,(H,28,31)(H4,23,24,25,26). The average molecular weight is 446 g/mol. The molecule has 0 bridgehead atoms. The highest BCUT2D eigenvalue weighted by molar-refractivity contribution is 6.07. The summed E-state index contributed by atoms with van der Waals surface area (Å²) >= 11 is 0. The topological polar surface area (TPSA) is 169 Å². The van der Waals surface area contributed by atoms with Crippen LogP contribution in [0.2, 0.25) is 0 Å². The molecule has 2 heterocycles. The number of nitrogens with one attached hydrogen (secondary N) is 1. The number of hydrogen-bond acceptors (Lipinski definition) is 9. The van der Waals surface area contributed by atoms with E-state index in [1.807, 2.05) is 0 Å². The Kier molecular flexibility index (Phi) is 4.81. The third kappa shape index (κ3) is 3.37. The maximum absolute atomic E-state index is 12.2. The first-order chi connectivity index (χ1) is 15.9. The van der Waals surface area contributed by atoms with Gasteiger partial charge in [-0.3, -0.25) is 19.8 Å². The molecule has 5 rings (SSSR count). The molecule has 0 radical (unpaired) electrons. The molecule has 1 saturated carbocycles. The Bertz CT molecular complexity index is 1390. The molecule has 11 heteroatoms. The molecule has 2 aromatic carbocycles. The van der Waals surface area contributed by atoms with E-state index in [2.05, 4.69) is 20.2 Å². The minimum atomic E-state index is -0.802. The second kappa shape index (κ2) is 7.69. The number of guanidine groups is 2. The molecule has 5 N–H and O–H groups in total. The number of benzene rings is 2. The zero-order valence-corrected chi connectivity index (χ0v) is 17.7. The first kappa shape index (κ1) is 20.6. The van der Waals surface area contributed by atoms with Crippen molar-refractivity contribution in [2.75, 3.05) is 4.90 Å².